The molecule has 0 heterocycles. The number of aromatic hydroxyl groups is 2. The molecule has 0 aromatic heterocycles. The van der Waals surface area contributed by atoms with Gasteiger partial charge in [-0.2, -0.15) is 13.2 Å². The number of halogens is 4. The van der Waals surface area contributed by atoms with Crippen molar-refractivity contribution in [2.24, 2.45) is 0 Å². The molecule has 0 saturated heterocycles. The Labute approximate surface area is 295 Å². The van der Waals surface area contributed by atoms with Crippen molar-refractivity contribution in [3.05, 3.63) is 179 Å². The number of sulfone groups is 1. The van der Waals surface area contributed by atoms with Crippen LogP contribution in [0.25, 0.3) is 0 Å². The van der Waals surface area contributed by atoms with E-state index in [1.807, 2.05) is 0 Å². The van der Waals surface area contributed by atoms with Gasteiger partial charge < -0.3 is 19.7 Å². The summed E-state index contributed by atoms with van der Waals surface area (Å²) in [5.41, 5.74) is -2.86. The minimum absolute atomic E-state index is 0.00160. The van der Waals surface area contributed by atoms with Crippen LogP contribution in [0.1, 0.15) is 32.6 Å². The molecule has 0 fully saturated rings. The zero-order chi connectivity index (χ0) is 37.1. The Morgan fingerprint density at radius 1 is 0.577 bits per heavy atom. The van der Waals surface area contributed by atoms with Crippen LogP contribution in [0.3, 0.4) is 0 Å². The molecule has 0 spiro atoms. The number of phenolic OH excluding ortho intramolecular Hbond substituents is 2. The van der Waals surface area contributed by atoms with Crippen LogP contribution in [0, 0.1) is 5.82 Å². The molecule has 0 radical (unpaired) electrons. The van der Waals surface area contributed by atoms with E-state index in [2.05, 4.69) is 0 Å². The predicted molar refractivity (Wildman–Crippen MR) is 183 cm³/mol. The molecule has 7 nitrogen and oxygen atoms in total. The van der Waals surface area contributed by atoms with E-state index in [0.717, 1.165) is 12.1 Å². The summed E-state index contributed by atoms with van der Waals surface area (Å²) in [7, 11) is -3.89. The molecule has 0 amide bonds. The topological polar surface area (TPSA) is 110 Å². The van der Waals surface area contributed by atoms with Crippen molar-refractivity contribution in [1.82, 2.24) is 0 Å². The third-order valence-corrected chi connectivity index (χ3v) is 10.2. The van der Waals surface area contributed by atoms with Gasteiger partial charge in [-0.05, 0) is 119 Å². The summed E-state index contributed by atoms with van der Waals surface area (Å²) in [6.07, 6.45) is -4.93. The van der Waals surface area contributed by atoms with E-state index in [0.29, 0.717) is 5.56 Å². The van der Waals surface area contributed by atoms with Gasteiger partial charge in [0, 0.05) is 0 Å². The SMILES string of the molecule is O=C(OCc1ccc(F)cc1)c1ccc(C(c2ccc(O)cc2)(c2ccc(Oc3ccc(S(=O)(=O)c4ccc(O)cc4)cc3)cc2)C(F)(F)F)cc1. The Hall–Kier alpha value is -6.14. The lowest BCUT2D eigenvalue weighted by molar-refractivity contribution is -0.166. The number of hydrogen-bond acceptors (Lipinski definition) is 7. The van der Waals surface area contributed by atoms with Crippen LogP contribution in [0.15, 0.2) is 155 Å². The van der Waals surface area contributed by atoms with Crippen molar-refractivity contribution < 1.29 is 50.5 Å². The molecule has 1 unspecified atom stereocenters. The first kappa shape index (κ1) is 35.7. The van der Waals surface area contributed by atoms with Gasteiger partial charge in [0.1, 0.15) is 40.8 Å². The highest BCUT2D eigenvalue weighted by molar-refractivity contribution is 7.91. The van der Waals surface area contributed by atoms with Gasteiger partial charge in [0.15, 0.2) is 0 Å². The van der Waals surface area contributed by atoms with Crippen molar-refractivity contribution in [2.45, 2.75) is 28.0 Å². The quantitative estimate of drug-likeness (QED) is 0.0823. The Morgan fingerprint density at radius 3 is 1.46 bits per heavy atom. The van der Waals surface area contributed by atoms with E-state index in [9.17, 15) is 27.8 Å². The fourth-order valence-electron chi connectivity index (χ4n) is 5.73. The lowest BCUT2D eigenvalue weighted by atomic mass is 9.68. The Kier molecular flexibility index (Phi) is 9.77. The van der Waals surface area contributed by atoms with E-state index in [-0.39, 0.29) is 61.6 Å². The standard InChI is InChI=1S/C40H28F4O7S/c41-31-11-1-26(2-12-31)25-50-38(47)27-3-5-28(6-4-27)39(40(42,43)44,29-7-13-32(45)14-8-29)30-9-17-34(18-10-30)51-35-19-23-37(24-20-35)52(48,49)36-21-15-33(46)16-22-36/h1-24,45-46H,25H2. The second-order valence-corrected chi connectivity index (χ2v) is 13.6. The molecule has 1 atom stereocenters. The van der Waals surface area contributed by atoms with Crippen LogP contribution in [-0.2, 0) is 26.6 Å². The normalized spacial score (nSPS) is 12.8. The molecule has 0 aliphatic carbocycles. The summed E-state index contributed by atoms with van der Waals surface area (Å²) >= 11 is 0. The van der Waals surface area contributed by atoms with Gasteiger partial charge in [0.05, 0.1) is 15.4 Å². The van der Waals surface area contributed by atoms with Gasteiger partial charge >= 0.3 is 12.1 Å². The monoisotopic (exact) mass is 728 g/mol. The van der Waals surface area contributed by atoms with E-state index in [4.69, 9.17) is 9.47 Å². The van der Waals surface area contributed by atoms with E-state index in [1.165, 1.54) is 133 Å². The van der Waals surface area contributed by atoms with Gasteiger partial charge in [0.25, 0.3) is 0 Å². The van der Waals surface area contributed by atoms with Crippen LogP contribution in [0.4, 0.5) is 17.6 Å². The largest absolute Gasteiger partial charge is 0.508 e. The van der Waals surface area contributed by atoms with Crippen LogP contribution in [-0.4, -0.2) is 30.8 Å². The van der Waals surface area contributed by atoms with E-state index < -0.39 is 33.2 Å². The van der Waals surface area contributed by atoms with Gasteiger partial charge in [0.2, 0.25) is 9.84 Å². The highest BCUT2D eigenvalue weighted by atomic mass is 32.2. The second kappa shape index (κ2) is 14.2. The molecule has 0 bridgehead atoms. The molecule has 6 aromatic rings. The zero-order valence-electron chi connectivity index (χ0n) is 26.9. The molecule has 52 heavy (non-hydrogen) atoms. The smallest absolute Gasteiger partial charge is 0.406 e. The maximum Gasteiger partial charge on any atom is 0.406 e. The number of rotatable bonds is 10. The maximum absolute atomic E-state index is 15.6. The molecular weight excluding hydrogens is 700 g/mol. The van der Waals surface area contributed by atoms with Crippen molar-refractivity contribution in [3.8, 4) is 23.0 Å². The van der Waals surface area contributed by atoms with Crippen molar-refractivity contribution >= 4 is 15.8 Å². The number of phenols is 2. The van der Waals surface area contributed by atoms with Gasteiger partial charge in [-0.15, -0.1) is 0 Å². The summed E-state index contributed by atoms with van der Waals surface area (Å²) in [4.78, 5) is 12.7. The summed E-state index contributed by atoms with van der Waals surface area (Å²) in [5.74, 6) is -1.17. The molecule has 2 N–H and O–H groups in total. The average molecular weight is 729 g/mol. The number of carbonyl (C=O) groups is 1. The van der Waals surface area contributed by atoms with Gasteiger partial charge in [-0.1, -0.05) is 48.5 Å². The molecule has 0 saturated carbocycles. The summed E-state index contributed by atoms with van der Waals surface area (Å²) in [6, 6.07) is 30.5. The first-order chi connectivity index (χ1) is 24.8. The molecule has 0 aliphatic rings. The fraction of sp³-hybridized carbons (Fsp3) is 0.0750. The summed E-state index contributed by atoms with van der Waals surface area (Å²) < 4.78 is 97.0. The molecular formula is C40H28F4O7S. The highest BCUT2D eigenvalue weighted by Crippen LogP contribution is 2.51. The third kappa shape index (κ3) is 7.19. The number of ether oxygens (including phenoxy) is 2. The number of alkyl halides is 3. The minimum atomic E-state index is -4.93. The highest BCUT2D eigenvalue weighted by Gasteiger charge is 2.58. The summed E-state index contributed by atoms with van der Waals surface area (Å²) in [5, 5.41) is 19.4. The Bertz CT molecular complexity index is 2270. The van der Waals surface area contributed by atoms with Crippen LogP contribution in [0.2, 0.25) is 0 Å². The fourth-order valence-corrected chi connectivity index (χ4v) is 6.99. The lowest BCUT2D eigenvalue weighted by Crippen LogP contribution is -2.44. The number of carbonyl (C=O) groups excluding carboxylic acids is 1. The van der Waals surface area contributed by atoms with Crippen molar-refractivity contribution in [1.29, 1.82) is 0 Å². The van der Waals surface area contributed by atoms with Crippen molar-refractivity contribution in [3.63, 3.8) is 0 Å². The average Bonchev–Trinajstić information content (AvgIpc) is 3.13. The molecule has 12 heteroatoms. The van der Waals surface area contributed by atoms with Crippen LogP contribution < -0.4 is 4.74 Å². The maximum atomic E-state index is 15.6. The molecule has 0 aliphatic heterocycles. The molecule has 6 aromatic carbocycles. The second-order valence-electron chi connectivity index (χ2n) is 11.7. The van der Waals surface area contributed by atoms with Gasteiger partial charge in [-0.3, -0.25) is 0 Å². The lowest BCUT2D eigenvalue weighted by Gasteiger charge is -2.37. The van der Waals surface area contributed by atoms with Crippen LogP contribution >= 0.6 is 0 Å². The number of esters is 1. The Morgan fingerprint density at radius 2 is 0.981 bits per heavy atom. The van der Waals surface area contributed by atoms with E-state index >= 15 is 13.2 Å². The number of benzene rings is 6. The molecule has 6 rings (SSSR count). The third-order valence-electron chi connectivity index (χ3n) is 8.37. The van der Waals surface area contributed by atoms with Crippen molar-refractivity contribution in [2.75, 3.05) is 0 Å². The summed E-state index contributed by atoms with van der Waals surface area (Å²) in [6.45, 7) is -0.168. The first-order valence-electron chi connectivity index (χ1n) is 15.6. The first-order valence-corrected chi connectivity index (χ1v) is 17.1. The molecule has 264 valence electrons. The number of hydrogen-bond donors (Lipinski definition) is 2. The minimum Gasteiger partial charge on any atom is -0.508 e. The zero-order valence-corrected chi connectivity index (χ0v) is 27.7. The predicted octanol–water partition coefficient (Wildman–Crippen LogP) is 9.12. The van der Waals surface area contributed by atoms with Gasteiger partial charge in [-0.25, -0.2) is 17.6 Å². The van der Waals surface area contributed by atoms with E-state index in [1.54, 1.807) is 0 Å². The Balaban J connectivity index is 1.29. The van der Waals surface area contributed by atoms with Crippen LogP contribution in [0.5, 0.6) is 23.0 Å².